The average Bonchev–Trinajstić information content (AvgIpc) is 2.42. The zero-order valence-electron chi connectivity index (χ0n) is 11.1. The van der Waals surface area contributed by atoms with Crippen molar-refractivity contribution in [1.29, 1.82) is 0 Å². The van der Waals surface area contributed by atoms with Crippen LogP contribution in [0.2, 0.25) is 10.0 Å². The van der Waals surface area contributed by atoms with Crippen molar-refractivity contribution in [3.05, 3.63) is 57.6 Å². The maximum absolute atomic E-state index is 13.3. The molecule has 0 aliphatic carbocycles. The monoisotopic (exact) mass is 347 g/mol. The number of aromatic nitrogens is 1. The summed E-state index contributed by atoms with van der Waals surface area (Å²) in [4.78, 5) is 4.06. The number of halogens is 3. The van der Waals surface area contributed by atoms with E-state index in [0.29, 0.717) is 27.1 Å². The Bertz CT molecular complexity index is 682. The van der Waals surface area contributed by atoms with Crippen molar-refractivity contribution in [2.24, 2.45) is 0 Å². The van der Waals surface area contributed by atoms with E-state index in [2.05, 4.69) is 4.98 Å². The molecule has 1 unspecified atom stereocenters. The molecule has 1 atom stereocenters. The van der Waals surface area contributed by atoms with Gasteiger partial charge in [-0.05, 0) is 24.3 Å². The molecule has 112 valence electrons. The van der Waals surface area contributed by atoms with E-state index >= 15 is 0 Å². The summed E-state index contributed by atoms with van der Waals surface area (Å²) in [5.41, 5.74) is 1.04. The van der Waals surface area contributed by atoms with Crippen LogP contribution in [-0.4, -0.2) is 16.3 Å². The van der Waals surface area contributed by atoms with Crippen molar-refractivity contribution in [1.82, 2.24) is 4.98 Å². The average molecular weight is 348 g/mol. The van der Waals surface area contributed by atoms with Crippen LogP contribution >= 0.6 is 23.2 Å². The van der Waals surface area contributed by atoms with Gasteiger partial charge in [-0.15, -0.1) is 0 Å². The van der Waals surface area contributed by atoms with Gasteiger partial charge in [-0.3, -0.25) is 9.19 Å². The third kappa shape index (κ3) is 4.40. The predicted molar refractivity (Wildman–Crippen MR) is 82.8 cm³/mol. The Hall–Kier alpha value is -1.17. The maximum Gasteiger partial charge on any atom is 0.123 e. The highest BCUT2D eigenvalue weighted by Gasteiger charge is 2.12. The number of hydrogen-bond acceptors (Lipinski definition) is 3. The molecular formula is C14H12Cl2FNO2S. The van der Waals surface area contributed by atoms with Crippen molar-refractivity contribution < 1.29 is 13.3 Å². The normalized spacial score (nSPS) is 12.2. The fraction of sp³-hybridized carbons (Fsp3) is 0.214. The summed E-state index contributed by atoms with van der Waals surface area (Å²) in [6, 6.07) is 5.66. The van der Waals surface area contributed by atoms with Crippen LogP contribution in [0, 0.1) is 5.82 Å². The quantitative estimate of drug-likeness (QED) is 0.820. The molecule has 3 nitrogen and oxygen atoms in total. The van der Waals surface area contributed by atoms with E-state index in [1.54, 1.807) is 6.07 Å². The van der Waals surface area contributed by atoms with Crippen LogP contribution in [0.5, 0.6) is 5.75 Å². The Kier molecular flexibility index (Phi) is 5.56. The molecule has 0 saturated carbocycles. The second-order valence-corrected chi connectivity index (χ2v) is 6.57. The lowest BCUT2D eigenvalue weighted by atomic mass is 10.2. The number of hydrogen-bond donors (Lipinski definition) is 0. The van der Waals surface area contributed by atoms with Crippen LogP contribution in [-0.2, 0) is 22.3 Å². The fourth-order valence-corrected chi connectivity index (χ4v) is 3.52. The van der Waals surface area contributed by atoms with Gasteiger partial charge >= 0.3 is 0 Å². The summed E-state index contributed by atoms with van der Waals surface area (Å²) in [6.07, 6.45) is 1.45. The summed E-state index contributed by atoms with van der Waals surface area (Å²) >= 11 is 11.8. The van der Waals surface area contributed by atoms with E-state index in [1.165, 1.54) is 31.5 Å². The van der Waals surface area contributed by atoms with Crippen LogP contribution in [0.15, 0.2) is 30.5 Å². The first-order valence-corrected chi connectivity index (χ1v) is 8.21. The maximum atomic E-state index is 13.3. The highest BCUT2D eigenvalue weighted by Crippen LogP contribution is 2.24. The number of ether oxygens (including phenoxy) is 1. The molecule has 0 radical (unpaired) electrons. The lowest BCUT2D eigenvalue weighted by Crippen LogP contribution is -2.04. The molecular weight excluding hydrogens is 336 g/mol. The molecule has 0 aliphatic rings. The van der Waals surface area contributed by atoms with Crippen molar-refractivity contribution in [3.63, 3.8) is 0 Å². The second-order valence-electron chi connectivity index (χ2n) is 4.27. The van der Waals surface area contributed by atoms with E-state index in [0.717, 1.165) is 0 Å². The van der Waals surface area contributed by atoms with Gasteiger partial charge in [0.25, 0.3) is 0 Å². The summed E-state index contributed by atoms with van der Waals surface area (Å²) in [5, 5.41) is 0.781. The molecule has 0 N–H and O–H groups in total. The topological polar surface area (TPSA) is 39.2 Å². The lowest BCUT2D eigenvalue weighted by Gasteiger charge is -2.09. The molecule has 1 aromatic carbocycles. The number of nitrogens with zero attached hydrogens (tertiary/aromatic N) is 1. The van der Waals surface area contributed by atoms with Crippen molar-refractivity contribution in [3.8, 4) is 5.75 Å². The van der Waals surface area contributed by atoms with Gasteiger partial charge in [0.1, 0.15) is 11.6 Å². The van der Waals surface area contributed by atoms with E-state index in [9.17, 15) is 8.60 Å². The first-order valence-electron chi connectivity index (χ1n) is 5.97. The standard InChI is InChI=1S/C14H12Cl2FNO2S/c1-20-14-3-2-11(17)4-9(14)7-21(19)8-13-12(16)5-10(15)6-18-13/h2-6H,7-8H2,1H3. The number of benzene rings is 1. The minimum absolute atomic E-state index is 0.154. The van der Waals surface area contributed by atoms with Crippen LogP contribution in [0.4, 0.5) is 4.39 Å². The summed E-state index contributed by atoms with van der Waals surface area (Å²) in [6.45, 7) is 0. The van der Waals surface area contributed by atoms with Crippen LogP contribution in [0.1, 0.15) is 11.3 Å². The second kappa shape index (κ2) is 7.20. The molecule has 0 fully saturated rings. The van der Waals surface area contributed by atoms with E-state index < -0.39 is 16.6 Å². The Balaban J connectivity index is 2.13. The van der Waals surface area contributed by atoms with Gasteiger partial charge in [0.15, 0.2) is 0 Å². The molecule has 2 aromatic rings. The summed E-state index contributed by atoms with van der Waals surface area (Å²) in [5.74, 6) is 0.419. The minimum atomic E-state index is -1.30. The molecule has 1 heterocycles. The van der Waals surface area contributed by atoms with E-state index in [-0.39, 0.29) is 11.5 Å². The minimum Gasteiger partial charge on any atom is -0.496 e. The van der Waals surface area contributed by atoms with Crippen molar-refractivity contribution in [2.75, 3.05) is 7.11 Å². The van der Waals surface area contributed by atoms with Gasteiger partial charge in [0.2, 0.25) is 0 Å². The molecule has 7 heteroatoms. The Morgan fingerprint density at radius 1 is 1.29 bits per heavy atom. The molecule has 0 aliphatic heterocycles. The van der Waals surface area contributed by atoms with Gasteiger partial charge in [-0.25, -0.2) is 4.39 Å². The predicted octanol–water partition coefficient (Wildman–Crippen LogP) is 3.99. The number of rotatable bonds is 5. The zero-order valence-corrected chi connectivity index (χ0v) is 13.4. The largest absolute Gasteiger partial charge is 0.496 e. The highest BCUT2D eigenvalue weighted by molar-refractivity contribution is 7.83. The first-order chi connectivity index (χ1) is 9.99. The lowest BCUT2D eigenvalue weighted by molar-refractivity contribution is 0.410. The molecule has 0 spiro atoms. The Morgan fingerprint density at radius 3 is 2.71 bits per heavy atom. The molecule has 1 aromatic heterocycles. The van der Waals surface area contributed by atoms with Crippen molar-refractivity contribution >= 4 is 34.0 Å². The first kappa shape index (κ1) is 16.2. The van der Waals surface area contributed by atoms with Gasteiger partial charge in [0.05, 0.1) is 34.4 Å². The molecule has 0 amide bonds. The number of methoxy groups -OCH3 is 1. The summed E-state index contributed by atoms with van der Waals surface area (Å²) in [7, 11) is 0.188. The Morgan fingerprint density at radius 2 is 2.05 bits per heavy atom. The summed E-state index contributed by atoms with van der Waals surface area (Å²) < 4.78 is 30.6. The SMILES string of the molecule is COc1ccc(F)cc1CS(=O)Cc1ncc(Cl)cc1Cl. The van der Waals surface area contributed by atoms with Gasteiger partial charge < -0.3 is 4.74 Å². The smallest absolute Gasteiger partial charge is 0.123 e. The van der Waals surface area contributed by atoms with Crippen LogP contribution in [0.25, 0.3) is 0 Å². The van der Waals surface area contributed by atoms with Gasteiger partial charge in [0, 0.05) is 22.6 Å². The third-order valence-electron chi connectivity index (χ3n) is 2.74. The van der Waals surface area contributed by atoms with Crippen molar-refractivity contribution in [2.45, 2.75) is 11.5 Å². The molecule has 2 rings (SSSR count). The van der Waals surface area contributed by atoms with Gasteiger partial charge in [-0.2, -0.15) is 0 Å². The van der Waals surface area contributed by atoms with Gasteiger partial charge in [-0.1, -0.05) is 23.2 Å². The zero-order chi connectivity index (χ0) is 15.4. The van der Waals surface area contributed by atoms with Crippen LogP contribution in [0.3, 0.4) is 0 Å². The Labute approximate surface area is 134 Å². The molecule has 21 heavy (non-hydrogen) atoms. The molecule has 0 saturated heterocycles. The highest BCUT2D eigenvalue weighted by atomic mass is 35.5. The van der Waals surface area contributed by atoms with E-state index in [1.807, 2.05) is 0 Å². The fourth-order valence-electron chi connectivity index (χ4n) is 1.79. The molecule has 0 bridgehead atoms. The third-order valence-corrected chi connectivity index (χ3v) is 4.50. The van der Waals surface area contributed by atoms with Crippen LogP contribution < -0.4 is 4.74 Å². The van der Waals surface area contributed by atoms with E-state index in [4.69, 9.17) is 27.9 Å². The number of pyridine rings is 1.